The van der Waals surface area contributed by atoms with Crippen LogP contribution in [0.3, 0.4) is 0 Å². The van der Waals surface area contributed by atoms with E-state index in [2.05, 4.69) is 26.0 Å². The van der Waals surface area contributed by atoms with Crippen molar-refractivity contribution in [3.63, 3.8) is 0 Å². The quantitative estimate of drug-likeness (QED) is 0.101. The fourth-order valence-electron chi connectivity index (χ4n) is 7.45. The molecule has 0 spiro atoms. The van der Waals surface area contributed by atoms with Crippen molar-refractivity contribution in [1.82, 2.24) is 4.90 Å². The number of carbonyl (C=O) groups is 3. The number of ketones is 1. The van der Waals surface area contributed by atoms with Gasteiger partial charge in [0.25, 0.3) is 11.7 Å². The van der Waals surface area contributed by atoms with E-state index in [0.717, 1.165) is 24.8 Å². The topological polar surface area (TPSA) is 139 Å². The average molecular weight is 706 g/mol. The number of methoxy groups -OCH3 is 2. The molecule has 4 aliphatic rings. The molecule has 1 unspecified atom stereocenters. The molecule has 0 aliphatic carbocycles. The number of hydrogen-bond acceptors (Lipinski definition) is 11. The summed E-state index contributed by atoms with van der Waals surface area (Å²) in [5.74, 6) is -3.83. The average Bonchev–Trinajstić information content (AvgIpc) is 3.71. The van der Waals surface area contributed by atoms with E-state index in [0.29, 0.717) is 51.2 Å². The van der Waals surface area contributed by atoms with Gasteiger partial charge in [0, 0.05) is 26.0 Å². The van der Waals surface area contributed by atoms with Crippen LogP contribution in [0.25, 0.3) is 0 Å². The standard InChI is InChI=1S/C38H59NO11/c1-7-13-25(2)14-9-8-10-15-26(3)31(46-20-21-47-32-24-49-33-30(40)23-48-34(32)33)22-28-18-17-27(4)38(45-6,50-28)35(41)36(42)39-19-12-11-16-29(39)37(43)44-5/h8-10,14-15,25,27-34,40H,7,11-13,16-24H2,1-6H3/b10-8+,14-9+,26-15+/t25-,27+,28-,29-,30-,31?,32+,33+,34+,38+/m0/s1. The van der Waals surface area contributed by atoms with Crippen molar-refractivity contribution in [3.8, 4) is 0 Å². The monoisotopic (exact) mass is 705 g/mol. The van der Waals surface area contributed by atoms with E-state index in [-0.39, 0.29) is 44.2 Å². The Kier molecular flexibility index (Phi) is 15.6. The summed E-state index contributed by atoms with van der Waals surface area (Å²) in [7, 11) is 2.67. The highest BCUT2D eigenvalue weighted by atomic mass is 16.7. The minimum Gasteiger partial charge on any atom is -0.467 e. The SMILES string of the molecule is CCC[C@H](C)/C=C/C=C/C=C(\C)C(C[C@@H]1CC[C@@H](C)[C@](OC)(C(=O)C(=O)N2CCCC[C@H]2C(=O)OC)O1)OCCO[C@@H]1CO[C@H]2[C@@H]1OC[C@@H]2O. The third-order valence-electron chi connectivity index (χ3n) is 10.4. The lowest BCUT2D eigenvalue weighted by Gasteiger charge is -2.44. The molecular weight excluding hydrogens is 646 g/mol. The first-order valence-electron chi connectivity index (χ1n) is 18.4. The van der Waals surface area contributed by atoms with Gasteiger partial charge in [-0.2, -0.15) is 0 Å². The van der Waals surface area contributed by atoms with Gasteiger partial charge in [-0.05, 0) is 56.9 Å². The number of likely N-dealkylation sites (tertiary alicyclic amines) is 1. The number of Topliss-reactive ketones (excluding diaryl/α,β-unsaturated/α-hetero) is 1. The normalized spacial score (nSPS) is 33.1. The number of ether oxygens (including phenoxy) is 7. The van der Waals surface area contributed by atoms with Crippen LogP contribution in [0.15, 0.2) is 36.0 Å². The third-order valence-corrected chi connectivity index (χ3v) is 10.4. The molecule has 0 radical (unpaired) electrons. The molecule has 0 bridgehead atoms. The van der Waals surface area contributed by atoms with Gasteiger partial charge in [-0.25, -0.2) is 4.79 Å². The van der Waals surface area contributed by atoms with E-state index < -0.39 is 47.6 Å². The number of carbonyl (C=O) groups excluding carboxylic acids is 3. The molecule has 1 N–H and O–H groups in total. The molecule has 1 amide bonds. The highest BCUT2D eigenvalue weighted by Gasteiger charge is 2.54. The number of amides is 1. The lowest BCUT2D eigenvalue weighted by molar-refractivity contribution is -0.277. The Morgan fingerprint density at radius 2 is 1.80 bits per heavy atom. The van der Waals surface area contributed by atoms with Crippen LogP contribution < -0.4 is 0 Å². The first-order chi connectivity index (χ1) is 24.1. The van der Waals surface area contributed by atoms with Crippen LogP contribution in [-0.2, 0) is 47.5 Å². The molecule has 50 heavy (non-hydrogen) atoms. The molecule has 0 aromatic heterocycles. The van der Waals surface area contributed by atoms with Gasteiger partial charge < -0.3 is 43.2 Å². The van der Waals surface area contributed by atoms with Gasteiger partial charge in [0.05, 0.1) is 45.7 Å². The number of piperidine rings is 1. The molecule has 0 saturated carbocycles. The molecule has 0 aromatic rings. The zero-order valence-electron chi connectivity index (χ0n) is 30.8. The summed E-state index contributed by atoms with van der Waals surface area (Å²) in [5, 5.41) is 10.1. The molecule has 4 rings (SSSR count). The Hall–Kier alpha value is -2.45. The Morgan fingerprint density at radius 3 is 2.54 bits per heavy atom. The first kappa shape index (κ1) is 40.3. The Balaban J connectivity index is 1.45. The lowest BCUT2D eigenvalue weighted by atomic mass is 9.85. The van der Waals surface area contributed by atoms with Crippen LogP contribution in [-0.4, -0.2) is 123 Å². The number of aliphatic hydroxyl groups excluding tert-OH is 1. The maximum Gasteiger partial charge on any atom is 0.328 e. The van der Waals surface area contributed by atoms with Crippen molar-refractivity contribution in [2.24, 2.45) is 11.8 Å². The van der Waals surface area contributed by atoms with Crippen LogP contribution in [0.2, 0.25) is 0 Å². The van der Waals surface area contributed by atoms with Crippen LogP contribution in [0.4, 0.5) is 0 Å². The summed E-state index contributed by atoms with van der Waals surface area (Å²) in [6, 6.07) is -0.814. The molecule has 10 atom stereocenters. The van der Waals surface area contributed by atoms with Crippen LogP contribution in [0.5, 0.6) is 0 Å². The zero-order valence-corrected chi connectivity index (χ0v) is 30.8. The van der Waals surface area contributed by atoms with E-state index in [1.165, 1.54) is 19.1 Å². The van der Waals surface area contributed by atoms with Crippen LogP contribution in [0.1, 0.15) is 79.1 Å². The van der Waals surface area contributed by atoms with Gasteiger partial charge in [0.1, 0.15) is 30.5 Å². The zero-order chi connectivity index (χ0) is 36.3. The van der Waals surface area contributed by atoms with Gasteiger partial charge in [-0.15, -0.1) is 0 Å². The van der Waals surface area contributed by atoms with Crippen molar-refractivity contribution in [1.29, 1.82) is 0 Å². The number of fused-ring (bicyclic) bond motifs is 1. The molecule has 4 aliphatic heterocycles. The molecular formula is C38H59NO11. The largest absolute Gasteiger partial charge is 0.467 e. The molecule has 12 nitrogen and oxygen atoms in total. The second-order valence-electron chi connectivity index (χ2n) is 14.1. The molecule has 4 fully saturated rings. The van der Waals surface area contributed by atoms with E-state index >= 15 is 0 Å². The van der Waals surface area contributed by atoms with E-state index in [9.17, 15) is 19.5 Å². The van der Waals surface area contributed by atoms with Crippen molar-refractivity contribution in [2.75, 3.05) is 47.2 Å². The van der Waals surface area contributed by atoms with E-state index in [1.807, 2.05) is 32.1 Å². The van der Waals surface area contributed by atoms with Crippen molar-refractivity contribution < 1.29 is 52.6 Å². The van der Waals surface area contributed by atoms with Gasteiger partial charge in [0.2, 0.25) is 5.79 Å². The number of allylic oxidation sites excluding steroid dienone is 5. The Labute approximate surface area is 297 Å². The number of hydrogen-bond donors (Lipinski definition) is 1. The second kappa shape index (κ2) is 19.4. The van der Waals surface area contributed by atoms with Gasteiger partial charge in [-0.1, -0.05) is 57.6 Å². The minimum absolute atomic E-state index is 0.235. The fraction of sp³-hybridized carbons (Fsp3) is 0.763. The number of esters is 1. The van der Waals surface area contributed by atoms with Crippen molar-refractivity contribution in [2.45, 2.75) is 128 Å². The Morgan fingerprint density at radius 1 is 1.02 bits per heavy atom. The maximum absolute atomic E-state index is 14.0. The molecule has 12 heteroatoms. The predicted molar refractivity (Wildman–Crippen MR) is 185 cm³/mol. The summed E-state index contributed by atoms with van der Waals surface area (Å²) < 4.78 is 41.1. The molecule has 282 valence electrons. The predicted octanol–water partition coefficient (Wildman–Crippen LogP) is 4.08. The summed E-state index contributed by atoms with van der Waals surface area (Å²) >= 11 is 0. The van der Waals surface area contributed by atoms with Crippen molar-refractivity contribution in [3.05, 3.63) is 36.0 Å². The summed E-state index contributed by atoms with van der Waals surface area (Å²) in [4.78, 5) is 41.5. The number of rotatable bonds is 17. The number of nitrogens with zero attached hydrogens (tertiary/aromatic N) is 1. The van der Waals surface area contributed by atoms with Gasteiger partial charge in [0.15, 0.2) is 0 Å². The maximum atomic E-state index is 14.0. The Bertz CT molecular complexity index is 1220. The fourth-order valence-corrected chi connectivity index (χ4v) is 7.45. The first-order valence-corrected chi connectivity index (χ1v) is 18.4. The summed E-state index contributed by atoms with van der Waals surface area (Å²) in [6.07, 6.45) is 13.6. The summed E-state index contributed by atoms with van der Waals surface area (Å²) in [6.45, 7) is 9.67. The van der Waals surface area contributed by atoms with E-state index in [1.54, 1.807) is 0 Å². The molecule has 4 saturated heterocycles. The van der Waals surface area contributed by atoms with Gasteiger partial charge >= 0.3 is 5.97 Å². The smallest absolute Gasteiger partial charge is 0.328 e. The minimum atomic E-state index is -1.80. The molecule has 0 aromatic carbocycles. The lowest BCUT2D eigenvalue weighted by Crippen LogP contribution is -2.61. The highest BCUT2D eigenvalue weighted by molar-refractivity contribution is 6.39. The second-order valence-corrected chi connectivity index (χ2v) is 14.1. The van der Waals surface area contributed by atoms with Crippen LogP contribution in [0, 0.1) is 11.8 Å². The van der Waals surface area contributed by atoms with E-state index in [4.69, 9.17) is 33.2 Å². The van der Waals surface area contributed by atoms with Crippen LogP contribution >= 0.6 is 0 Å². The van der Waals surface area contributed by atoms with Crippen molar-refractivity contribution >= 4 is 17.7 Å². The summed E-state index contributed by atoms with van der Waals surface area (Å²) in [5.41, 5.74) is 0.963. The number of aliphatic hydroxyl groups is 1. The molecule has 4 heterocycles. The van der Waals surface area contributed by atoms with Gasteiger partial charge in [-0.3, -0.25) is 9.59 Å². The highest BCUT2D eigenvalue weighted by Crippen LogP contribution is 2.39. The third kappa shape index (κ3) is 9.90.